The molecule has 0 aliphatic rings. The van der Waals surface area contributed by atoms with Crippen molar-refractivity contribution >= 4 is 22.9 Å². The second-order valence-electron chi connectivity index (χ2n) is 4.77. The van der Waals surface area contributed by atoms with Crippen LogP contribution in [0.4, 0.5) is 5.69 Å². The topological polar surface area (TPSA) is 96.6 Å². The van der Waals surface area contributed by atoms with Gasteiger partial charge in [0.1, 0.15) is 0 Å². The Balaban J connectivity index is 2.10. The van der Waals surface area contributed by atoms with Crippen LogP contribution >= 0.6 is 11.3 Å². The molecule has 0 spiro atoms. The highest BCUT2D eigenvalue weighted by Crippen LogP contribution is 2.30. The number of thiazole rings is 1. The summed E-state index contributed by atoms with van der Waals surface area (Å²) in [7, 11) is 1.58. The van der Waals surface area contributed by atoms with Crippen LogP contribution in [0.3, 0.4) is 0 Å². The first kappa shape index (κ1) is 15.9. The first-order chi connectivity index (χ1) is 10.4. The van der Waals surface area contributed by atoms with E-state index in [1.54, 1.807) is 24.6 Å². The van der Waals surface area contributed by atoms with Crippen LogP contribution in [-0.2, 0) is 6.42 Å². The van der Waals surface area contributed by atoms with Gasteiger partial charge in [-0.25, -0.2) is 4.98 Å². The first-order valence-corrected chi connectivity index (χ1v) is 7.35. The molecule has 0 fully saturated rings. The van der Waals surface area contributed by atoms with E-state index in [1.165, 1.54) is 17.0 Å². The van der Waals surface area contributed by atoms with E-state index in [0.717, 1.165) is 16.0 Å². The summed E-state index contributed by atoms with van der Waals surface area (Å²) in [6.07, 6.45) is 2.37. The molecule has 0 saturated carbocycles. The molecule has 0 saturated heterocycles. The van der Waals surface area contributed by atoms with Gasteiger partial charge in [0.2, 0.25) is 5.75 Å². The Morgan fingerprint density at radius 3 is 2.82 bits per heavy atom. The van der Waals surface area contributed by atoms with E-state index < -0.39 is 22.3 Å². The van der Waals surface area contributed by atoms with Gasteiger partial charge in [0.05, 0.1) is 15.5 Å². The molecule has 0 bridgehead atoms. The molecule has 0 aliphatic carbocycles. The highest BCUT2D eigenvalue weighted by molar-refractivity contribution is 7.11. The highest BCUT2D eigenvalue weighted by Gasteiger charge is 2.23. The van der Waals surface area contributed by atoms with Crippen LogP contribution in [-0.4, -0.2) is 39.4 Å². The van der Waals surface area contributed by atoms with Crippen LogP contribution in [0.15, 0.2) is 24.4 Å². The summed E-state index contributed by atoms with van der Waals surface area (Å²) in [4.78, 5) is 29.1. The summed E-state index contributed by atoms with van der Waals surface area (Å²) >= 11 is 1.56. The maximum atomic E-state index is 12.3. The van der Waals surface area contributed by atoms with Crippen molar-refractivity contribution in [3.05, 3.63) is 50.0 Å². The second kappa shape index (κ2) is 6.52. The third-order valence-corrected chi connectivity index (χ3v) is 4.09. The lowest BCUT2D eigenvalue weighted by Crippen LogP contribution is -2.29. The fourth-order valence-electron chi connectivity index (χ4n) is 1.94. The number of aryl methyl sites for hydroxylation is 1. The minimum atomic E-state index is -0.718. The van der Waals surface area contributed by atoms with Crippen LogP contribution in [0, 0.1) is 17.0 Å². The van der Waals surface area contributed by atoms with E-state index in [0.29, 0.717) is 13.0 Å². The molecule has 1 aromatic carbocycles. The van der Waals surface area contributed by atoms with Gasteiger partial charge in [-0.05, 0) is 13.0 Å². The lowest BCUT2D eigenvalue weighted by molar-refractivity contribution is -0.385. The molecule has 8 heteroatoms. The van der Waals surface area contributed by atoms with Crippen LogP contribution < -0.4 is 0 Å². The van der Waals surface area contributed by atoms with Crippen molar-refractivity contribution in [2.24, 2.45) is 0 Å². The minimum absolute atomic E-state index is 0.0768. The molecular weight excluding hydrogens is 306 g/mol. The predicted molar refractivity (Wildman–Crippen MR) is 82.3 cm³/mol. The van der Waals surface area contributed by atoms with Gasteiger partial charge in [-0.1, -0.05) is 6.07 Å². The molecule has 7 nitrogen and oxygen atoms in total. The zero-order valence-electron chi connectivity index (χ0n) is 12.1. The maximum absolute atomic E-state index is 12.3. The number of rotatable bonds is 5. The molecule has 1 amide bonds. The van der Waals surface area contributed by atoms with Crippen molar-refractivity contribution in [1.29, 1.82) is 0 Å². The van der Waals surface area contributed by atoms with E-state index in [-0.39, 0.29) is 5.56 Å². The fraction of sp³-hybridized carbons (Fsp3) is 0.286. The average Bonchev–Trinajstić information content (AvgIpc) is 2.89. The summed E-state index contributed by atoms with van der Waals surface area (Å²) in [5, 5.41) is 21.6. The van der Waals surface area contributed by atoms with Crippen LogP contribution in [0.1, 0.15) is 20.2 Å². The van der Waals surface area contributed by atoms with E-state index in [9.17, 15) is 20.0 Å². The number of nitro benzene ring substituents is 1. The van der Waals surface area contributed by atoms with Crippen molar-refractivity contribution in [2.45, 2.75) is 13.3 Å². The number of likely N-dealkylation sites (N-methyl/N-ethyl adjacent to an activating group) is 1. The molecule has 1 N–H and O–H groups in total. The number of phenols is 1. The van der Waals surface area contributed by atoms with Gasteiger partial charge in [-0.2, -0.15) is 0 Å². The molecule has 2 aromatic rings. The number of benzene rings is 1. The highest BCUT2D eigenvalue weighted by atomic mass is 32.1. The minimum Gasteiger partial charge on any atom is -0.502 e. The Labute approximate surface area is 131 Å². The number of hydrogen-bond acceptors (Lipinski definition) is 6. The smallest absolute Gasteiger partial charge is 0.311 e. The van der Waals surface area contributed by atoms with Gasteiger partial charge < -0.3 is 10.0 Å². The van der Waals surface area contributed by atoms with Crippen molar-refractivity contribution < 1.29 is 14.8 Å². The number of aromatic nitrogens is 1. The number of carbonyl (C=O) groups is 1. The lowest BCUT2D eigenvalue weighted by Gasteiger charge is -2.17. The van der Waals surface area contributed by atoms with Crippen LogP contribution in [0.25, 0.3) is 0 Å². The molecule has 116 valence electrons. The number of amides is 1. The number of para-hydroxylation sites is 1. The molecule has 1 heterocycles. The number of nitro groups is 1. The van der Waals surface area contributed by atoms with Gasteiger partial charge >= 0.3 is 5.69 Å². The summed E-state index contributed by atoms with van der Waals surface area (Å²) in [6, 6.07) is 3.91. The quantitative estimate of drug-likeness (QED) is 0.673. The summed E-state index contributed by atoms with van der Waals surface area (Å²) in [6.45, 7) is 2.37. The zero-order chi connectivity index (χ0) is 16.3. The number of aromatic hydroxyl groups is 1. The third-order valence-electron chi connectivity index (χ3n) is 3.12. The molecule has 0 atom stereocenters. The average molecular weight is 321 g/mol. The van der Waals surface area contributed by atoms with E-state index in [1.807, 2.05) is 6.92 Å². The standard InChI is InChI=1S/C14H15N3O4S/c1-9-8-15-12(22-9)6-7-16(2)14(19)10-4-3-5-11(13(10)18)17(20)21/h3-5,8,18H,6-7H2,1-2H3. The van der Waals surface area contributed by atoms with Crippen molar-refractivity contribution in [1.82, 2.24) is 9.88 Å². The Morgan fingerprint density at radius 1 is 1.50 bits per heavy atom. The van der Waals surface area contributed by atoms with E-state index in [4.69, 9.17) is 0 Å². The Kier molecular flexibility index (Phi) is 4.71. The van der Waals surface area contributed by atoms with Crippen LogP contribution in [0.5, 0.6) is 5.75 Å². The van der Waals surface area contributed by atoms with Gasteiger partial charge in [0.15, 0.2) is 0 Å². The first-order valence-electron chi connectivity index (χ1n) is 6.53. The predicted octanol–water partition coefficient (Wildman–Crippen LogP) is 2.38. The van der Waals surface area contributed by atoms with E-state index in [2.05, 4.69) is 4.98 Å². The molecule has 0 unspecified atom stereocenters. The monoisotopic (exact) mass is 321 g/mol. The molecule has 1 aromatic heterocycles. The van der Waals surface area contributed by atoms with Gasteiger partial charge in [-0.15, -0.1) is 11.3 Å². The molecular formula is C14H15N3O4S. The Bertz CT molecular complexity index is 714. The number of hydrogen-bond donors (Lipinski definition) is 1. The van der Waals surface area contributed by atoms with Crippen molar-refractivity contribution in [3.63, 3.8) is 0 Å². The maximum Gasteiger partial charge on any atom is 0.311 e. The Morgan fingerprint density at radius 2 is 2.23 bits per heavy atom. The number of nitrogens with zero attached hydrogens (tertiary/aromatic N) is 3. The largest absolute Gasteiger partial charge is 0.502 e. The molecule has 0 aliphatic heterocycles. The van der Waals surface area contributed by atoms with Gasteiger partial charge in [-0.3, -0.25) is 14.9 Å². The fourth-order valence-corrected chi connectivity index (χ4v) is 2.71. The molecule has 22 heavy (non-hydrogen) atoms. The summed E-state index contributed by atoms with van der Waals surface area (Å²) in [5.74, 6) is -1.07. The van der Waals surface area contributed by atoms with Crippen molar-refractivity contribution in [2.75, 3.05) is 13.6 Å². The summed E-state index contributed by atoms with van der Waals surface area (Å²) < 4.78 is 0. The SMILES string of the molecule is Cc1cnc(CCN(C)C(=O)c2cccc([N+](=O)[O-])c2O)s1. The number of carbonyl (C=O) groups excluding carboxylic acids is 1. The van der Waals surface area contributed by atoms with E-state index >= 15 is 0 Å². The molecule has 2 rings (SSSR count). The number of phenolic OH excluding ortho intramolecular Hbond substituents is 1. The van der Waals surface area contributed by atoms with Crippen LogP contribution in [0.2, 0.25) is 0 Å². The normalized spacial score (nSPS) is 10.5. The Hall–Kier alpha value is -2.48. The summed E-state index contributed by atoms with van der Waals surface area (Å²) in [5.41, 5.74) is -0.554. The van der Waals surface area contributed by atoms with Crippen molar-refractivity contribution in [3.8, 4) is 5.75 Å². The zero-order valence-corrected chi connectivity index (χ0v) is 13.0. The van der Waals surface area contributed by atoms with Gasteiger partial charge in [0.25, 0.3) is 5.91 Å². The second-order valence-corrected chi connectivity index (χ2v) is 6.09. The molecule has 0 radical (unpaired) electrons. The van der Waals surface area contributed by atoms with Gasteiger partial charge in [0, 0.05) is 37.2 Å². The third kappa shape index (κ3) is 3.40. The lowest BCUT2D eigenvalue weighted by atomic mass is 10.1.